The van der Waals surface area contributed by atoms with Crippen LogP contribution in [0.1, 0.15) is 12.8 Å². The second-order valence-electron chi connectivity index (χ2n) is 3.93. The van der Waals surface area contributed by atoms with Gasteiger partial charge < -0.3 is 5.32 Å². The van der Waals surface area contributed by atoms with Crippen molar-refractivity contribution < 1.29 is 8.42 Å². The van der Waals surface area contributed by atoms with Crippen molar-refractivity contribution in [1.82, 2.24) is 9.62 Å². The first kappa shape index (κ1) is 12.5. The molecule has 86 valence electrons. The Kier molecular flexibility index (Phi) is 4.58. The molecule has 0 saturated carbocycles. The molecule has 15 heavy (non-hydrogen) atoms. The van der Waals surface area contributed by atoms with Crippen molar-refractivity contribution in [3.8, 4) is 12.3 Å². The average Bonchev–Trinajstić information content (AvgIpc) is 2.19. The summed E-state index contributed by atoms with van der Waals surface area (Å²) < 4.78 is 24.9. The molecule has 0 amide bonds. The minimum Gasteiger partial charge on any atom is -0.317 e. The number of hydrogen-bond donors (Lipinski definition) is 1. The molecule has 1 saturated heterocycles. The van der Waals surface area contributed by atoms with Gasteiger partial charge in [-0.25, -0.2) is 8.42 Å². The van der Waals surface area contributed by atoms with Crippen LogP contribution in [-0.4, -0.2) is 45.2 Å². The van der Waals surface area contributed by atoms with Crippen molar-refractivity contribution in [1.29, 1.82) is 0 Å². The normalized spacial score (nSPS) is 19.0. The van der Waals surface area contributed by atoms with Crippen LogP contribution in [0.3, 0.4) is 0 Å². The summed E-state index contributed by atoms with van der Waals surface area (Å²) in [4.78, 5) is 0. The minimum absolute atomic E-state index is 0.160. The lowest BCUT2D eigenvalue weighted by atomic mass is 10.0. The Balaban J connectivity index is 2.51. The van der Waals surface area contributed by atoms with Gasteiger partial charge in [0.2, 0.25) is 10.0 Å². The van der Waals surface area contributed by atoms with Gasteiger partial charge in [0.25, 0.3) is 0 Å². The summed E-state index contributed by atoms with van der Waals surface area (Å²) in [6.07, 6.45) is 6.96. The van der Waals surface area contributed by atoms with Gasteiger partial charge in [0.15, 0.2) is 0 Å². The van der Waals surface area contributed by atoms with Gasteiger partial charge in [0, 0.05) is 7.05 Å². The first-order chi connectivity index (χ1) is 7.06. The molecular formula is C10H18N2O2S. The number of terminal acetylenes is 1. The van der Waals surface area contributed by atoms with Crippen molar-refractivity contribution in [2.24, 2.45) is 5.92 Å². The lowest BCUT2D eigenvalue weighted by Crippen LogP contribution is -2.36. The van der Waals surface area contributed by atoms with E-state index in [0.29, 0.717) is 0 Å². The van der Waals surface area contributed by atoms with Crippen LogP contribution in [0.25, 0.3) is 0 Å². The Bertz CT molecular complexity index is 326. The molecule has 1 heterocycles. The summed E-state index contributed by atoms with van der Waals surface area (Å²) in [5.74, 6) is 2.85. The van der Waals surface area contributed by atoms with Crippen LogP contribution in [0.5, 0.6) is 0 Å². The van der Waals surface area contributed by atoms with Crippen molar-refractivity contribution in [3.63, 3.8) is 0 Å². The molecule has 4 nitrogen and oxygen atoms in total. The largest absolute Gasteiger partial charge is 0.317 e. The van der Waals surface area contributed by atoms with Crippen molar-refractivity contribution in [2.45, 2.75) is 12.8 Å². The summed E-state index contributed by atoms with van der Waals surface area (Å²) in [5.41, 5.74) is 0. The molecule has 1 fully saturated rings. The molecule has 1 rings (SSSR count). The van der Waals surface area contributed by atoms with Gasteiger partial charge in [0.05, 0.1) is 12.3 Å². The third-order valence-corrected chi connectivity index (χ3v) is 4.67. The summed E-state index contributed by atoms with van der Waals surface area (Å²) in [5, 5.41) is 3.21. The molecule has 1 aliphatic rings. The van der Waals surface area contributed by atoms with E-state index in [1.165, 1.54) is 11.4 Å². The third-order valence-electron chi connectivity index (χ3n) is 2.69. The minimum atomic E-state index is -3.16. The summed E-state index contributed by atoms with van der Waals surface area (Å²) in [7, 11) is -1.62. The quantitative estimate of drug-likeness (QED) is 0.685. The van der Waals surface area contributed by atoms with Crippen LogP contribution >= 0.6 is 0 Å². The summed E-state index contributed by atoms with van der Waals surface area (Å²) >= 11 is 0. The Morgan fingerprint density at radius 1 is 1.47 bits per heavy atom. The smallest absolute Gasteiger partial charge is 0.214 e. The second kappa shape index (κ2) is 5.50. The maximum atomic E-state index is 11.8. The van der Waals surface area contributed by atoms with E-state index in [2.05, 4.69) is 11.2 Å². The third kappa shape index (κ3) is 3.82. The molecule has 0 aromatic heterocycles. The molecule has 0 aromatic carbocycles. The number of sulfonamides is 1. The highest BCUT2D eigenvalue weighted by atomic mass is 32.2. The highest BCUT2D eigenvalue weighted by Gasteiger charge is 2.24. The molecule has 0 bridgehead atoms. The monoisotopic (exact) mass is 230 g/mol. The summed E-state index contributed by atoms with van der Waals surface area (Å²) in [6.45, 7) is 1.99. The maximum Gasteiger partial charge on any atom is 0.214 e. The number of rotatable bonds is 4. The zero-order valence-electron chi connectivity index (χ0n) is 9.07. The fourth-order valence-corrected chi connectivity index (χ4v) is 3.16. The van der Waals surface area contributed by atoms with Crippen LogP contribution in [-0.2, 0) is 10.0 Å². The molecule has 0 spiro atoms. The second-order valence-corrected chi connectivity index (χ2v) is 6.05. The fourth-order valence-electron chi connectivity index (χ4n) is 1.70. The molecule has 0 aliphatic carbocycles. The van der Waals surface area contributed by atoms with Gasteiger partial charge >= 0.3 is 0 Å². The molecule has 0 atom stereocenters. The number of hydrogen-bond acceptors (Lipinski definition) is 3. The Hall–Kier alpha value is -0.570. The Morgan fingerprint density at radius 2 is 2.07 bits per heavy atom. The summed E-state index contributed by atoms with van der Waals surface area (Å²) in [6, 6.07) is 0. The van der Waals surface area contributed by atoms with E-state index < -0.39 is 10.0 Å². The van der Waals surface area contributed by atoms with Gasteiger partial charge in [0.1, 0.15) is 0 Å². The lowest BCUT2D eigenvalue weighted by molar-refractivity contribution is 0.393. The van der Waals surface area contributed by atoms with Crippen LogP contribution in [0.4, 0.5) is 0 Å². The lowest BCUT2D eigenvalue weighted by Gasteiger charge is -2.24. The standard InChI is InChI=1S/C10H18N2O2S/c1-3-8-12(2)15(13,14)9-10-4-6-11-7-5-10/h1,10-11H,4-9H2,2H3. The molecule has 0 aromatic rings. The molecule has 0 radical (unpaired) electrons. The first-order valence-corrected chi connectivity index (χ1v) is 6.75. The SMILES string of the molecule is C#CCN(C)S(=O)(=O)CC1CCNCC1. The highest BCUT2D eigenvalue weighted by molar-refractivity contribution is 7.89. The van der Waals surface area contributed by atoms with Gasteiger partial charge in [-0.05, 0) is 31.8 Å². The first-order valence-electron chi connectivity index (χ1n) is 5.14. The van der Waals surface area contributed by atoms with E-state index in [1.54, 1.807) is 0 Å². The van der Waals surface area contributed by atoms with E-state index in [4.69, 9.17) is 6.42 Å². The highest BCUT2D eigenvalue weighted by Crippen LogP contribution is 2.15. The molecule has 0 unspecified atom stereocenters. The van der Waals surface area contributed by atoms with E-state index in [9.17, 15) is 8.42 Å². The topological polar surface area (TPSA) is 49.4 Å². The zero-order chi connectivity index (χ0) is 11.3. The van der Waals surface area contributed by atoms with Crippen molar-refractivity contribution >= 4 is 10.0 Å². The molecular weight excluding hydrogens is 212 g/mol. The zero-order valence-corrected chi connectivity index (χ0v) is 9.89. The van der Waals surface area contributed by atoms with Crippen LogP contribution in [0, 0.1) is 18.3 Å². The molecule has 1 N–H and O–H groups in total. The molecule has 1 aliphatic heterocycles. The Morgan fingerprint density at radius 3 is 2.60 bits per heavy atom. The predicted molar refractivity (Wildman–Crippen MR) is 60.8 cm³/mol. The molecule has 5 heteroatoms. The fraction of sp³-hybridized carbons (Fsp3) is 0.800. The van der Waals surface area contributed by atoms with Crippen molar-refractivity contribution in [2.75, 3.05) is 32.4 Å². The van der Waals surface area contributed by atoms with Gasteiger partial charge in [-0.1, -0.05) is 5.92 Å². The average molecular weight is 230 g/mol. The van der Waals surface area contributed by atoms with E-state index in [-0.39, 0.29) is 18.2 Å². The van der Waals surface area contributed by atoms with E-state index >= 15 is 0 Å². The predicted octanol–water partition coefficient (Wildman–Crippen LogP) is -0.119. The number of piperidine rings is 1. The van der Waals surface area contributed by atoms with E-state index in [0.717, 1.165) is 25.9 Å². The van der Waals surface area contributed by atoms with E-state index in [1.807, 2.05) is 0 Å². The maximum absolute atomic E-state index is 11.8. The number of nitrogens with one attached hydrogen (secondary N) is 1. The van der Waals surface area contributed by atoms with Crippen LogP contribution < -0.4 is 5.32 Å². The van der Waals surface area contributed by atoms with Gasteiger partial charge in [-0.3, -0.25) is 0 Å². The number of nitrogens with zero attached hydrogens (tertiary/aromatic N) is 1. The Labute approximate surface area is 92.1 Å². The van der Waals surface area contributed by atoms with Crippen LogP contribution in [0.2, 0.25) is 0 Å². The van der Waals surface area contributed by atoms with Crippen LogP contribution in [0.15, 0.2) is 0 Å². The van der Waals surface area contributed by atoms with Crippen molar-refractivity contribution in [3.05, 3.63) is 0 Å². The van der Waals surface area contributed by atoms with Gasteiger partial charge in [-0.15, -0.1) is 6.42 Å². The van der Waals surface area contributed by atoms with Gasteiger partial charge in [-0.2, -0.15) is 4.31 Å².